The number of benzene rings is 2. The molecule has 286 valence electrons. The van der Waals surface area contributed by atoms with Crippen LogP contribution in [-0.2, 0) is 18.9 Å². The van der Waals surface area contributed by atoms with Crippen LogP contribution >= 0.6 is 0 Å². The Kier molecular flexibility index (Phi) is 11.0. The summed E-state index contributed by atoms with van der Waals surface area (Å²) < 4.78 is 39.5. The number of fused-ring (bicyclic) bond motifs is 1. The maximum Gasteiger partial charge on any atom is 0.239 e. The number of rotatable bonds is 8. The second-order valence-electron chi connectivity index (χ2n) is 12.9. The summed E-state index contributed by atoms with van der Waals surface area (Å²) in [5.74, 6) is -2.01. The molecular weight excluding hydrogens is 700 g/mol. The van der Waals surface area contributed by atoms with E-state index < -0.39 is 121 Å². The molecule has 11 N–H and O–H groups in total. The highest BCUT2D eigenvalue weighted by Gasteiger charge is 2.48. The molecule has 0 amide bonds. The summed E-state index contributed by atoms with van der Waals surface area (Å²) in [6.07, 6.45) is -23.5. The van der Waals surface area contributed by atoms with Crippen LogP contribution in [0.5, 0.6) is 23.0 Å². The lowest BCUT2D eigenvalue weighted by molar-refractivity contribution is -0.318. The van der Waals surface area contributed by atoms with E-state index in [2.05, 4.69) is 0 Å². The van der Waals surface area contributed by atoms with E-state index in [1.807, 2.05) is 0 Å². The second kappa shape index (κ2) is 15.0. The number of ether oxygens (including phenoxy) is 6. The van der Waals surface area contributed by atoms with Crippen LogP contribution in [0.3, 0.4) is 0 Å². The van der Waals surface area contributed by atoms with Gasteiger partial charge in [-0.15, -0.1) is 0 Å². The molecule has 19 heteroatoms. The minimum atomic E-state index is -1.98. The summed E-state index contributed by atoms with van der Waals surface area (Å²) in [7, 11) is 0. The topological polar surface area (TPSA) is 308 Å². The van der Waals surface area contributed by atoms with Gasteiger partial charge in [-0.05, 0) is 38.1 Å². The van der Waals surface area contributed by atoms with Gasteiger partial charge in [0.2, 0.25) is 23.8 Å². The first-order valence-electron chi connectivity index (χ1n) is 16.2. The van der Waals surface area contributed by atoms with Crippen molar-refractivity contribution < 1.29 is 89.0 Å². The number of hydrogen-bond donors (Lipinski definition) is 11. The third-order valence-electron chi connectivity index (χ3n) is 9.23. The number of aliphatic hydroxyl groups excluding tert-OH is 9. The third kappa shape index (κ3) is 7.16. The van der Waals surface area contributed by atoms with Gasteiger partial charge in [-0.1, -0.05) is 0 Å². The van der Waals surface area contributed by atoms with E-state index in [1.165, 1.54) is 44.2 Å². The highest BCUT2D eigenvalue weighted by atomic mass is 16.7. The lowest BCUT2D eigenvalue weighted by Crippen LogP contribution is -2.61. The Morgan fingerprint density at radius 3 is 1.79 bits per heavy atom. The second-order valence-corrected chi connectivity index (χ2v) is 12.9. The van der Waals surface area contributed by atoms with Crippen LogP contribution in [0.4, 0.5) is 0 Å². The fourth-order valence-electron chi connectivity index (χ4n) is 6.09. The molecule has 3 fully saturated rings. The number of aliphatic hydroxyl groups is 9. The first kappa shape index (κ1) is 38.1. The maximum absolute atomic E-state index is 14.0. The smallest absolute Gasteiger partial charge is 0.239 e. The summed E-state index contributed by atoms with van der Waals surface area (Å²) in [6.45, 7) is 2.25. The van der Waals surface area contributed by atoms with E-state index in [4.69, 9.17) is 32.8 Å². The van der Waals surface area contributed by atoms with Crippen molar-refractivity contribution in [1.82, 2.24) is 0 Å². The van der Waals surface area contributed by atoms with Crippen LogP contribution in [0.15, 0.2) is 45.6 Å². The predicted octanol–water partition coefficient (Wildman–Crippen LogP) is -2.89. The molecule has 3 aliphatic rings. The molecule has 2 aromatic carbocycles. The van der Waals surface area contributed by atoms with Gasteiger partial charge in [-0.2, -0.15) is 0 Å². The fourth-order valence-corrected chi connectivity index (χ4v) is 6.09. The van der Waals surface area contributed by atoms with Crippen LogP contribution in [0, 0.1) is 0 Å². The molecule has 0 bridgehead atoms. The number of phenolic OH excluding ortho intramolecular Hbond substituents is 2. The van der Waals surface area contributed by atoms with Gasteiger partial charge in [0.15, 0.2) is 12.1 Å². The number of phenols is 2. The van der Waals surface area contributed by atoms with Gasteiger partial charge in [0.1, 0.15) is 89.3 Å². The largest absolute Gasteiger partial charge is 0.508 e. The molecule has 4 heterocycles. The Balaban J connectivity index is 1.32. The summed E-state index contributed by atoms with van der Waals surface area (Å²) in [5, 5.41) is 114. The van der Waals surface area contributed by atoms with Gasteiger partial charge >= 0.3 is 0 Å². The highest BCUT2D eigenvalue weighted by Crippen LogP contribution is 2.38. The molecule has 3 aliphatic heterocycles. The summed E-state index contributed by atoms with van der Waals surface area (Å²) in [4.78, 5) is 14.0. The zero-order chi connectivity index (χ0) is 37.8. The van der Waals surface area contributed by atoms with Crippen LogP contribution in [-0.4, -0.2) is 155 Å². The number of hydrogen-bond acceptors (Lipinski definition) is 19. The highest BCUT2D eigenvalue weighted by molar-refractivity contribution is 5.88. The predicted molar refractivity (Wildman–Crippen MR) is 170 cm³/mol. The third-order valence-corrected chi connectivity index (χ3v) is 9.23. The van der Waals surface area contributed by atoms with E-state index in [0.717, 1.165) is 6.07 Å². The Labute approximate surface area is 293 Å². The van der Waals surface area contributed by atoms with E-state index >= 15 is 0 Å². The SMILES string of the molecule is C[C@H]1O[C@@H](OC[C@@H]2O[C@H](Oc3c(-c4ccc(O)cc4)oc4cc(O[C@@H]5O[C@H](C)[C@@H](O)[C@H](O)[C@@H]5O)cc(O)c4c3=O)[C@@H](O)[C@H](O)[C@H]2O)[C@H](O)[C@H](O)[C@H]1O. The molecule has 19 nitrogen and oxygen atoms in total. The quantitative estimate of drug-likeness (QED) is 0.110. The molecular formula is C33H40O19. The minimum Gasteiger partial charge on any atom is -0.508 e. The molecule has 0 spiro atoms. The Morgan fingerprint density at radius 2 is 1.17 bits per heavy atom. The fraction of sp³-hybridized carbons (Fsp3) is 0.545. The lowest BCUT2D eigenvalue weighted by atomic mass is 9.98. The van der Waals surface area contributed by atoms with Crippen molar-refractivity contribution in [2.45, 2.75) is 106 Å². The van der Waals surface area contributed by atoms with Crippen LogP contribution in [0.2, 0.25) is 0 Å². The van der Waals surface area contributed by atoms with Crippen molar-refractivity contribution in [3.05, 3.63) is 46.6 Å². The van der Waals surface area contributed by atoms with Gasteiger partial charge in [-0.25, -0.2) is 0 Å². The minimum absolute atomic E-state index is 0.138. The Bertz CT molecular complexity index is 1770. The Hall–Kier alpha value is -3.67. The van der Waals surface area contributed by atoms with Crippen molar-refractivity contribution in [2.24, 2.45) is 0 Å². The molecule has 3 saturated heterocycles. The van der Waals surface area contributed by atoms with Crippen molar-refractivity contribution >= 4 is 11.0 Å². The summed E-state index contributed by atoms with van der Waals surface area (Å²) in [5.41, 5.74) is -1.16. The molecule has 52 heavy (non-hydrogen) atoms. The molecule has 6 rings (SSSR count). The molecule has 0 saturated carbocycles. The maximum atomic E-state index is 14.0. The van der Waals surface area contributed by atoms with E-state index in [-0.39, 0.29) is 28.4 Å². The first-order valence-corrected chi connectivity index (χ1v) is 16.2. The van der Waals surface area contributed by atoms with Gasteiger partial charge < -0.3 is 89.0 Å². The zero-order valence-electron chi connectivity index (χ0n) is 27.5. The average molecular weight is 741 g/mol. The van der Waals surface area contributed by atoms with E-state index in [9.17, 15) is 61.0 Å². The zero-order valence-corrected chi connectivity index (χ0v) is 27.5. The summed E-state index contributed by atoms with van der Waals surface area (Å²) >= 11 is 0. The van der Waals surface area contributed by atoms with Crippen LogP contribution in [0.25, 0.3) is 22.3 Å². The normalized spacial score (nSPS) is 38.2. The van der Waals surface area contributed by atoms with E-state index in [0.29, 0.717) is 0 Å². The van der Waals surface area contributed by atoms with Gasteiger partial charge in [0.05, 0.1) is 18.8 Å². The monoisotopic (exact) mass is 740 g/mol. The lowest BCUT2D eigenvalue weighted by Gasteiger charge is -2.42. The van der Waals surface area contributed by atoms with Crippen molar-refractivity contribution in [1.29, 1.82) is 0 Å². The molecule has 0 aliphatic carbocycles. The van der Waals surface area contributed by atoms with Gasteiger partial charge in [-0.3, -0.25) is 4.79 Å². The standard InChI is InChI=1S/C33H40O19/c1-10-19(36)23(40)26(43)31(47-10)46-9-17-21(38)25(42)28(45)33(51-17)52-30-22(39)18-15(35)7-14(49-32-27(44)24(41)20(37)11(2)48-32)8-16(18)50-29(30)12-3-5-13(34)6-4-12/h3-8,10-11,17,19-21,23-28,31-38,40-45H,9H2,1-2H3/t10-,11-,17+,19+,20-,21+,23-,24+,25-,26-,27+,28+,31-,32+,33-/m1/s1. The molecule has 3 aromatic rings. The van der Waals surface area contributed by atoms with Crippen LogP contribution in [0.1, 0.15) is 13.8 Å². The van der Waals surface area contributed by atoms with Crippen molar-refractivity contribution in [2.75, 3.05) is 6.61 Å². The molecule has 1 aromatic heterocycles. The Morgan fingerprint density at radius 1 is 0.635 bits per heavy atom. The molecule has 0 radical (unpaired) electrons. The average Bonchev–Trinajstić information content (AvgIpc) is 3.11. The summed E-state index contributed by atoms with van der Waals surface area (Å²) in [6, 6.07) is 7.38. The van der Waals surface area contributed by atoms with Crippen LogP contribution < -0.4 is 14.9 Å². The first-order chi connectivity index (χ1) is 24.6. The van der Waals surface area contributed by atoms with Gasteiger partial charge in [0.25, 0.3) is 0 Å². The van der Waals surface area contributed by atoms with Gasteiger partial charge in [0, 0.05) is 17.7 Å². The van der Waals surface area contributed by atoms with Crippen molar-refractivity contribution in [3.8, 4) is 34.3 Å². The molecule has 15 atom stereocenters. The number of aromatic hydroxyl groups is 2. The van der Waals surface area contributed by atoms with Crippen molar-refractivity contribution in [3.63, 3.8) is 0 Å². The molecule has 0 unspecified atom stereocenters. The van der Waals surface area contributed by atoms with E-state index in [1.54, 1.807) is 0 Å².